The summed E-state index contributed by atoms with van der Waals surface area (Å²) in [4.78, 5) is 16.4. The summed E-state index contributed by atoms with van der Waals surface area (Å²) in [7, 11) is -3.47. The Kier molecular flexibility index (Phi) is 5.56. The van der Waals surface area contributed by atoms with Crippen molar-refractivity contribution in [1.29, 1.82) is 0 Å². The van der Waals surface area contributed by atoms with Crippen LogP contribution in [-0.4, -0.2) is 31.7 Å². The minimum Gasteiger partial charge on any atom is -0.475 e. The summed E-state index contributed by atoms with van der Waals surface area (Å²) in [5, 5.41) is 2.70. The van der Waals surface area contributed by atoms with Crippen LogP contribution in [0.25, 0.3) is 0 Å². The molecule has 0 fully saturated rings. The van der Waals surface area contributed by atoms with Crippen molar-refractivity contribution in [2.24, 2.45) is 0 Å². The topological polar surface area (TPSA) is 85.4 Å². The number of hydrogen-bond acceptors (Lipinski definition) is 5. The fourth-order valence-electron chi connectivity index (χ4n) is 2.08. The van der Waals surface area contributed by atoms with Crippen LogP contribution in [0.4, 0.5) is 0 Å². The Hall–Kier alpha value is -2.41. The molecule has 2 aromatic rings. The van der Waals surface area contributed by atoms with Crippen LogP contribution in [-0.2, 0) is 16.4 Å². The molecule has 24 heavy (non-hydrogen) atoms. The molecule has 0 atom stereocenters. The molecule has 1 N–H and O–H groups in total. The smallest absolute Gasteiger partial charge is 0.252 e. The number of ether oxygens (including phenoxy) is 1. The van der Waals surface area contributed by atoms with E-state index in [-0.39, 0.29) is 23.1 Å². The number of aromatic nitrogens is 1. The molecule has 1 amide bonds. The minimum absolute atomic E-state index is 0.0151. The molecule has 0 saturated heterocycles. The van der Waals surface area contributed by atoms with Crippen molar-refractivity contribution < 1.29 is 17.9 Å². The van der Waals surface area contributed by atoms with Crippen molar-refractivity contribution in [3.63, 3.8) is 0 Å². The van der Waals surface area contributed by atoms with Crippen molar-refractivity contribution >= 4 is 15.7 Å². The monoisotopic (exact) mass is 348 g/mol. The molecule has 0 aliphatic carbocycles. The molecule has 1 heterocycles. The number of amides is 1. The van der Waals surface area contributed by atoms with Crippen molar-refractivity contribution in [1.82, 2.24) is 10.3 Å². The van der Waals surface area contributed by atoms with E-state index >= 15 is 0 Å². The summed E-state index contributed by atoms with van der Waals surface area (Å²) in [6.07, 6.45) is 2.73. The maximum absolute atomic E-state index is 12.3. The third-order valence-corrected chi connectivity index (χ3v) is 4.29. The number of nitrogens with one attached hydrogen (secondary N) is 1. The van der Waals surface area contributed by atoms with Gasteiger partial charge >= 0.3 is 0 Å². The molecule has 1 aromatic heterocycles. The number of carbonyl (C=O) groups excluding carboxylic acids is 1. The highest BCUT2D eigenvalue weighted by Gasteiger charge is 2.17. The minimum atomic E-state index is -3.47. The highest BCUT2D eigenvalue weighted by atomic mass is 32.2. The average Bonchev–Trinajstić information content (AvgIpc) is 2.52. The van der Waals surface area contributed by atoms with Gasteiger partial charge in [-0.2, -0.15) is 0 Å². The van der Waals surface area contributed by atoms with Crippen molar-refractivity contribution in [2.45, 2.75) is 31.4 Å². The van der Waals surface area contributed by atoms with Gasteiger partial charge in [0.05, 0.1) is 16.6 Å². The predicted molar refractivity (Wildman–Crippen MR) is 90.7 cm³/mol. The Labute approximate surface area is 141 Å². The predicted octanol–water partition coefficient (Wildman–Crippen LogP) is 2.20. The second-order valence-electron chi connectivity index (χ2n) is 5.62. The fraction of sp³-hybridized carbons (Fsp3) is 0.294. The highest BCUT2D eigenvalue weighted by molar-refractivity contribution is 7.90. The standard InChI is InChI=1S/C17H20N2O4S/c1-12(2)23-16-9-8-13(10-18-16)11-19-17(20)14-6-4-5-7-15(14)24(3,21)22/h4-10,12H,11H2,1-3H3,(H,19,20). The molecule has 1 aromatic carbocycles. The van der Waals surface area contributed by atoms with Gasteiger partial charge in [0.25, 0.3) is 5.91 Å². The molecule has 0 aliphatic heterocycles. The molecule has 0 bridgehead atoms. The molecule has 128 valence electrons. The van der Waals surface area contributed by atoms with E-state index in [0.29, 0.717) is 5.88 Å². The van der Waals surface area contributed by atoms with Gasteiger partial charge in [-0.1, -0.05) is 18.2 Å². The number of nitrogens with zero attached hydrogens (tertiary/aromatic N) is 1. The van der Waals surface area contributed by atoms with E-state index in [1.807, 2.05) is 13.8 Å². The molecule has 0 saturated carbocycles. The SMILES string of the molecule is CC(C)Oc1ccc(CNC(=O)c2ccccc2S(C)(=O)=O)cn1. The number of carbonyl (C=O) groups is 1. The number of pyridine rings is 1. The van der Waals surface area contributed by atoms with Crippen LogP contribution in [0.5, 0.6) is 5.88 Å². The number of hydrogen-bond donors (Lipinski definition) is 1. The van der Waals surface area contributed by atoms with Crippen LogP contribution < -0.4 is 10.1 Å². The summed E-state index contributed by atoms with van der Waals surface area (Å²) >= 11 is 0. The fourth-order valence-corrected chi connectivity index (χ4v) is 2.97. The van der Waals surface area contributed by atoms with Crippen molar-refractivity contribution in [2.75, 3.05) is 6.26 Å². The Morgan fingerprint density at radius 2 is 1.92 bits per heavy atom. The van der Waals surface area contributed by atoms with E-state index in [0.717, 1.165) is 11.8 Å². The summed E-state index contributed by atoms with van der Waals surface area (Å²) < 4.78 is 29.0. The lowest BCUT2D eigenvalue weighted by molar-refractivity contribution is 0.0947. The first-order valence-electron chi connectivity index (χ1n) is 7.46. The third-order valence-electron chi connectivity index (χ3n) is 3.14. The molecule has 0 unspecified atom stereocenters. The molecular weight excluding hydrogens is 328 g/mol. The van der Waals surface area contributed by atoms with Gasteiger partial charge in [-0.05, 0) is 31.5 Å². The molecule has 0 spiro atoms. The van der Waals surface area contributed by atoms with Gasteiger partial charge in [0, 0.05) is 25.1 Å². The van der Waals surface area contributed by atoms with Crippen molar-refractivity contribution in [3.05, 3.63) is 53.7 Å². The first-order valence-corrected chi connectivity index (χ1v) is 9.35. The van der Waals surface area contributed by atoms with Crippen LogP contribution in [0.15, 0.2) is 47.5 Å². The van der Waals surface area contributed by atoms with E-state index < -0.39 is 15.7 Å². The van der Waals surface area contributed by atoms with E-state index in [1.54, 1.807) is 30.5 Å². The summed E-state index contributed by atoms with van der Waals surface area (Å²) in [5.74, 6) is 0.0704. The van der Waals surface area contributed by atoms with Crippen LogP contribution >= 0.6 is 0 Å². The molecule has 0 aliphatic rings. The van der Waals surface area contributed by atoms with E-state index in [1.165, 1.54) is 12.1 Å². The third kappa shape index (κ3) is 4.79. The Morgan fingerprint density at radius 3 is 2.50 bits per heavy atom. The molecule has 0 radical (unpaired) electrons. The lowest BCUT2D eigenvalue weighted by Crippen LogP contribution is -2.24. The van der Waals surface area contributed by atoms with Gasteiger partial charge in [0.1, 0.15) is 0 Å². The van der Waals surface area contributed by atoms with E-state index in [9.17, 15) is 13.2 Å². The van der Waals surface area contributed by atoms with Gasteiger partial charge in [-0.25, -0.2) is 13.4 Å². The zero-order chi connectivity index (χ0) is 17.7. The largest absolute Gasteiger partial charge is 0.475 e. The maximum atomic E-state index is 12.3. The van der Waals surface area contributed by atoms with E-state index in [2.05, 4.69) is 10.3 Å². The van der Waals surface area contributed by atoms with Gasteiger partial charge in [-0.3, -0.25) is 4.79 Å². The summed E-state index contributed by atoms with van der Waals surface area (Å²) in [6, 6.07) is 9.65. The Bertz CT molecular complexity index is 815. The van der Waals surface area contributed by atoms with Crippen LogP contribution in [0.1, 0.15) is 29.8 Å². The van der Waals surface area contributed by atoms with Crippen LogP contribution in [0.3, 0.4) is 0 Å². The molecular formula is C17H20N2O4S. The zero-order valence-electron chi connectivity index (χ0n) is 13.8. The summed E-state index contributed by atoms with van der Waals surface area (Å²) in [5.41, 5.74) is 0.920. The zero-order valence-corrected chi connectivity index (χ0v) is 14.6. The first-order chi connectivity index (χ1) is 11.3. The number of sulfone groups is 1. The van der Waals surface area contributed by atoms with E-state index in [4.69, 9.17) is 4.74 Å². The Balaban J connectivity index is 2.06. The average molecular weight is 348 g/mol. The van der Waals surface area contributed by atoms with Gasteiger partial charge in [-0.15, -0.1) is 0 Å². The van der Waals surface area contributed by atoms with Gasteiger partial charge in [0.15, 0.2) is 9.84 Å². The quantitative estimate of drug-likeness (QED) is 0.865. The molecule has 7 heteroatoms. The number of benzene rings is 1. The normalized spacial score (nSPS) is 11.3. The maximum Gasteiger partial charge on any atom is 0.252 e. The highest BCUT2D eigenvalue weighted by Crippen LogP contribution is 2.15. The second-order valence-corrected chi connectivity index (χ2v) is 7.61. The number of rotatable bonds is 6. The van der Waals surface area contributed by atoms with Gasteiger partial charge < -0.3 is 10.1 Å². The summed E-state index contributed by atoms with van der Waals surface area (Å²) in [6.45, 7) is 4.07. The molecule has 2 rings (SSSR count). The molecule has 6 nitrogen and oxygen atoms in total. The first kappa shape index (κ1) is 17.9. The van der Waals surface area contributed by atoms with Crippen LogP contribution in [0, 0.1) is 0 Å². The Morgan fingerprint density at radius 1 is 1.21 bits per heavy atom. The second kappa shape index (κ2) is 7.44. The van der Waals surface area contributed by atoms with Crippen molar-refractivity contribution in [3.8, 4) is 5.88 Å². The van der Waals surface area contributed by atoms with Gasteiger partial charge in [0.2, 0.25) is 5.88 Å². The lowest BCUT2D eigenvalue weighted by atomic mass is 10.2. The lowest BCUT2D eigenvalue weighted by Gasteiger charge is -2.10. The van der Waals surface area contributed by atoms with Crippen LogP contribution in [0.2, 0.25) is 0 Å².